The van der Waals surface area contributed by atoms with E-state index in [1.807, 2.05) is 4.72 Å². The SMILES string of the molecule is COc1c(F)c(S(=O)(=O)Nc2ncns2)c(O)c(F)c1C1CCCCC1. The number of benzene rings is 1. The minimum atomic E-state index is -4.63. The summed E-state index contributed by atoms with van der Waals surface area (Å²) in [4.78, 5) is 2.42. The molecule has 26 heavy (non-hydrogen) atoms. The van der Waals surface area contributed by atoms with Crippen molar-refractivity contribution in [3.63, 3.8) is 0 Å². The van der Waals surface area contributed by atoms with Gasteiger partial charge in [0.1, 0.15) is 6.33 Å². The van der Waals surface area contributed by atoms with Crippen LogP contribution < -0.4 is 9.46 Å². The van der Waals surface area contributed by atoms with Crippen molar-refractivity contribution in [2.75, 3.05) is 11.8 Å². The standard InChI is InChI=1S/C15H17F2N3O4S2/c1-24-13-9(8-5-3-2-4-6-8)10(16)12(21)14(11(13)17)26(22,23)20-15-18-7-19-25-15/h7-8,21H,2-6H2,1H3,(H,18,19,20). The molecule has 0 unspecified atom stereocenters. The zero-order valence-corrected chi connectivity index (χ0v) is 15.5. The molecule has 1 fully saturated rings. The van der Waals surface area contributed by atoms with Gasteiger partial charge in [-0.25, -0.2) is 22.2 Å². The number of hydrogen-bond donors (Lipinski definition) is 2. The first-order valence-corrected chi connectivity index (χ1v) is 10.2. The number of phenolic OH excluding ortho intramolecular Hbond substituents is 1. The van der Waals surface area contributed by atoms with Crippen molar-refractivity contribution in [1.82, 2.24) is 9.36 Å². The highest BCUT2D eigenvalue weighted by Crippen LogP contribution is 2.46. The van der Waals surface area contributed by atoms with Crippen LogP contribution in [0.2, 0.25) is 0 Å². The van der Waals surface area contributed by atoms with Crippen molar-refractivity contribution in [2.24, 2.45) is 0 Å². The molecule has 11 heteroatoms. The molecular formula is C15H17F2N3O4S2. The third kappa shape index (κ3) is 3.32. The second kappa shape index (κ2) is 7.31. The van der Waals surface area contributed by atoms with Gasteiger partial charge in [-0.3, -0.25) is 4.72 Å². The average Bonchev–Trinajstić information content (AvgIpc) is 3.10. The quantitative estimate of drug-likeness (QED) is 0.791. The van der Waals surface area contributed by atoms with Crippen molar-refractivity contribution in [3.05, 3.63) is 23.5 Å². The average molecular weight is 405 g/mol. The van der Waals surface area contributed by atoms with E-state index < -0.39 is 38.1 Å². The second-order valence-electron chi connectivity index (χ2n) is 5.94. The van der Waals surface area contributed by atoms with Crippen LogP contribution in [0.1, 0.15) is 43.6 Å². The van der Waals surface area contributed by atoms with Gasteiger partial charge in [-0.05, 0) is 18.8 Å². The molecule has 1 heterocycles. The van der Waals surface area contributed by atoms with Gasteiger partial charge in [0.2, 0.25) is 5.13 Å². The van der Waals surface area contributed by atoms with Gasteiger partial charge in [-0.15, -0.1) is 0 Å². The minimum Gasteiger partial charge on any atom is -0.504 e. The van der Waals surface area contributed by atoms with E-state index in [0.29, 0.717) is 24.4 Å². The van der Waals surface area contributed by atoms with Gasteiger partial charge in [-0.2, -0.15) is 4.37 Å². The van der Waals surface area contributed by atoms with Gasteiger partial charge in [0.15, 0.2) is 28.0 Å². The summed E-state index contributed by atoms with van der Waals surface area (Å²) in [5.41, 5.74) is -0.114. The largest absolute Gasteiger partial charge is 0.504 e. The summed E-state index contributed by atoms with van der Waals surface area (Å²) >= 11 is 0.716. The van der Waals surface area contributed by atoms with Gasteiger partial charge in [-0.1, -0.05) is 19.3 Å². The zero-order valence-electron chi connectivity index (χ0n) is 13.8. The minimum absolute atomic E-state index is 0.114. The number of aromatic nitrogens is 2. The number of aromatic hydroxyl groups is 1. The number of rotatable bonds is 5. The maximum atomic E-state index is 15.0. The van der Waals surface area contributed by atoms with E-state index in [2.05, 4.69) is 9.36 Å². The molecule has 1 aromatic heterocycles. The summed E-state index contributed by atoms with van der Waals surface area (Å²) in [6.07, 6.45) is 5.00. The first-order valence-electron chi connectivity index (χ1n) is 7.94. The number of phenols is 1. The third-order valence-corrected chi connectivity index (χ3v) is 6.45. The summed E-state index contributed by atoms with van der Waals surface area (Å²) in [5.74, 6) is -4.60. The number of hydrogen-bond acceptors (Lipinski definition) is 7. The van der Waals surface area contributed by atoms with Crippen LogP contribution in [-0.2, 0) is 10.0 Å². The van der Waals surface area contributed by atoms with Gasteiger partial charge in [0, 0.05) is 17.1 Å². The molecule has 142 valence electrons. The Morgan fingerprint density at radius 3 is 2.54 bits per heavy atom. The molecule has 3 rings (SSSR count). The smallest absolute Gasteiger partial charge is 0.270 e. The third-order valence-electron chi connectivity index (χ3n) is 4.37. The number of ether oxygens (including phenoxy) is 1. The molecule has 0 amide bonds. The van der Waals surface area contributed by atoms with Crippen LogP contribution >= 0.6 is 11.5 Å². The summed E-state index contributed by atoms with van der Waals surface area (Å²) in [6.45, 7) is 0. The molecule has 2 aromatic rings. The van der Waals surface area contributed by atoms with E-state index in [-0.39, 0.29) is 16.6 Å². The number of anilines is 1. The van der Waals surface area contributed by atoms with Crippen LogP contribution in [0.5, 0.6) is 11.5 Å². The van der Waals surface area contributed by atoms with Crippen molar-refractivity contribution < 1.29 is 27.0 Å². The first-order chi connectivity index (χ1) is 12.4. The van der Waals surface area contributed by atoms with E-state index in [1.165, 1.54) is 0 Å². The molecular weight excluding hydrogens is 388 g/mol. The van der Waals surface area contributed by atoms with Gasteiger partial charge in [0.25, 0.3) is 10.0 Å². The number of nitrogens with zero attached hydrogens (tertiary/aromatic N) is 2. The molecule has 0 atom stereocenters. The van der Waals surface area contributed by atoms with Crippen molar-refractivity contribution in [3.8, 4) is 11.5 Å². The number of sulfonamides is 1. The number of nitrogens with one attached hydrogen (secondary N) is 1. The first kappa shape index (κ1) is 18.8. The lowest BCUT2D eigenvalue weighted by Gasteiger charge is -2.25. The molecule has 2 N–H and O–H groups in total. The van der Waals surface area contributed by atoms with Crippen molar-refractivity contribution >= 4 is 26.7 Å². The van der Waals surface area contributed by atoms with E-state index in [9.17, 15) is 22.3 Å². The van der Waals surface area contributed by atoms with Gasteiger partial charge >= 0.3 is 0 Å². The molecule has 0 saturated heterocycles. The normalized spacial score (nSPS) is 15.8. The van der Waals surface area contributed by atoms with E-state index in [0.717, 1.165) is 32.7 Å². The van der Waals surface area contributed by atoms with Gasteiger partial charge in [0.05, 0.1) is 7.11 Å². The Morgan fingerprint density at radius 2 is 1.96 bits per heavy atom. The van der Waals surface area contributed by atoms with E-state index >= 15 is 0 Å². The van der Waals surface area contributed by atoms with Crippen LogP contribution in [0.4, 0.5) is 13.9 Å². The second-order valence-corrected chi connectivity index (χ2v) is 8.34. The predicted octanol–water partition coefficient (Wildman–Crippen LogP) is 3.38. The van der Waals surface area contributed by atoms with Crippen molar-refractivity contribution in [2.45, 2.75) is 42.9 Å². The maximum Gasteiger partial charge on any atom is 0.270 e. The highest BCUT2D eigenvalue weighted by atomic mass is 32.2. The maximum absolute atomic E-state index is 15.0. The molecule has 0 aliphatic heterocycles. The highest BCUT2D eigenvalue weighted by Gasteiger charge is 2.36. The molecule has 1 aromatic carbocycles. The molecule has 0 bridgehead atoms. The van der Waals surface area contributed by atoms with Gasteiger partial charge < -0.3 is 9.84 Å². The van der Waals surface area contributed by atoms with Crippen LogP contribution in [0.25, 0.3) is 0 Å². The van der Waals surface area contributed by atoms with Crippen LogP contribution in [-0.4, -0.2) is 30.0 Å². The van der Waals surface area contributed by atoms with Crippen LogP contribution in [0, 0.1) is 11.6 Å². The fraction of sp³-hybridized carbons (Fsp3) is 0.467. The highest BCUT2D eigenvalue weighted by molar-refractivity contribution is 7.93. The Hall–Kier alpha value is -2.01. The molecule has 1 saturated carbocycles. The summed E-state index contributed by atoms with van der Waals surface area (Å²) in [6, 6.07) is 0. The molecule has 0 spiro atoms. The summed E-state index contributed by atoms with van der Waals surface area (Å²) < 4.78 is 65.3. The number of halogens is 2. The molecule has 1 aliphatic rings. The lowest BCUT2D eigenvalue weighted by Crippen LogP contribution is -2.18. The van der Waals surface area contributed by atoms with E-state index in [1.54, 1.807) is 0 Å². The Balaban J connectivity index is 2.14. The molecule has 1 aliphatic carbocycles. The number of methoxy groups -OCH3 is 1. The molecule has 0 radical (unpaired) electrons. The predicted molar refractivity (Wildman–Crippen MR) is 91.1 cm³/mol. The lowest BCUT2D eigenvalue weighted by atomic mass is 9.83. The Labute approximate surface area is 153 Å². The Morgan fingerprint density at radius 1 is 1.27 bits per heavy atom. The van der Waals surface area contributed by atoms with Crippen molar-refractivity contribution in [1.29, 1.82) is 0 Å². The summed E-state index contributed by atoms with van der Waals surface area (Å²) in [7, 11) is -3.50. The van der Waals surface area contributed by atoms with E-state index in [4.69, 9.17) is 4.74 Å². The fourth-order valence-corrected chi connectivity index (χ4v) is 5.06. The fourth-order valence-electron chi connectivity index (χ4n) is 3.24. The molecule has 7 nitrogen and oxygen atoms in total. The lowest BCUT2D eigenvalue weighted by molar-refractivity contribution is 0.332. The zero-order chi connectivity index (χ0) is 18.9. The van der Waals surface area contributed by atoms with Crippen LogP contribution in [0.15, 0.2) is 11.2 Å². The summed E-state index contributed by atoms with van der Waals surface area (Å²) in [5, 5.41) is 10.0. The Kier molecular flexibility index (Phi) is 5.28. The monoisotopic (exact) mass is 405 g/mol. The Bertz CT molecular complexity index is 898. The van der Waals surface area contributed by atoms with Crippen LogP contribution in [0.3, 0.4) is 0 Å². The topological polar surface area (TPSA) is 101 Å².